The summed E-state index contributed by atoms with van der Waals surface area (Å²) in [5.74, 6) is -1.43. The van der Waals surface area contributed by atoms with Crippen LogP contribution in [0.25, 0.3) is 0 Å². The van der Waals surface area contributed by atoms with E-state index in [2.05, 4.69) is 10.1 Å². The molecule has 2 N–H and O–H groups in total. The minimum atomic E-state index is -0.973. The van der Waals surface area contributed by atoms with Crippen LogP contribution in [0.2, 0.25) is 0 Å². The molecule has 0 unspecified atom stereocenters. The molecule has 0 rings (SSSR count). The molecule has 0 aliphatic rings. The van der Waals surface area contributed by atoms with Crippen LogP contribution in [0.4, 0.5) is 4.79 Å². The number of urea groups is 1. The number of amides is 2. The van der Waals surface area contributed by atoms with E-state index < -0.39 is 23.4 Å². The summed E-state index contributed by atoms with van der Waals surface area (Å²) in [5, 5.41) is 11.9. The Morgan fingerprint density at radius 1 is 1.19 bits per heavy atom. The Balaban J connectivity index is 4.74. The Labute approximate surface area is 125 Å². The zero-order chi connectivity index (χ0) is 16.5. The van der Waals surface area contributed by atoms with Gasteiger partial charge < -0.3 is 20.1 Å². The van der Waals surface area contributed by atoms with Gasteiger partial charge in [0.25, 0.3) is 0 Å². The lowest BCUT2D eigenvalue weighted by molar-refractivity contribution is -0.149. The number of carboxylic acids is 1. The Hall–Kier alpha value is -1.79. The number of rotatable bonds is 9. The number of ether oxygens (including phenoxy) is 1. The largest absolute Gasteiger partial charge is 0.481 e. The fourth-order valence-electron chi connectivity index (χ4n) is 1.98. The number of aliphatic carboxylic acids is 1. The van der Waals surface area contributed by atoms with Crippen molar-refractivity contribution in [3.05, 3.63) is 0 Å². The molecule has 0 heterocycles. The summed E-state index contributed by atoms with van der Waals surface area (Å²) in [7, 11) is 1.26. The van der Waals surface area contributed by atoms with Gasteiger partial charge in [-0.3, -0.25) is 9.59 Å². The fraction of sp³-hybridized carbons (Fsp3) is 0.786. The lowest BCUT2D eigenvalue weighted by atomic mass is 9.82. The first-order valence-corrected chi connectivity index (χ1v) is 7.19. The van der Waals surface area contributed by atoms with Crippen LogP contribution < -0.4 is 5.32 Å². The summed E-state index contributed by atoms with van der Waals surface area (Å²) in [6.45, 7) is 5.74. The van der Waals surface area contributed by atoms with E-state index >= 15 is 0 Å². The molecule has 0 aromatic heterocycles. The highest BCUT2D eigenvalue weighted by Crippen LogP contribution is 2.25. The molecule has 122 valence electrons. The van der Waals surface area contributed by atoms with Crippen molar-refractivity contribution >= 4 is 18.0 Å². The summed E-state index contributed by atoms with van der Waals surface area (Å²) in [6, 6.07) is -0.449. The molecule has 0 spiro atoms. The quantitative estimate of drug-likeness (QED) is 0.629. The van der Waals surface area contributed by atoms with E-state index in [0.717, 1.165) is 0 Å². The van der Waals surface area contributed by atoms with E-state index in [9.17, 15) is 19.5 Å². The fourth-order valence-corrected chi connectivity index (χ4v) is 1.98. The highest BCUT2D eigenvalue weighted by atomic mass is 16.5. The summed E-state index contributed by atoms with van der Waals surface area (Å²) < 4.78 is 4.55. The SMILES string of the molecule is CCCN(CC(=O)OC)C(=O)NCC(CC)(CC)C(=O)O. The standard InChI is InChI=1S/C14H26N2O5/c1-5-8-16(9-11(17)21-4)13(20)15-10-14(6-2,7-3)12(18)19/h5-10H2,1-4H3,(H,15,20)(H,18,19). The number of hydrogen-bond donors (Lipinski definition) is 2. The molecule has 2 amide bonds. The number of nitrogens with zero attached hydrogens (tertiary/aromatic N) is 1. The minimum absolute atomic E-state index is 0.0373. The topological polar surface area (TPSA) is 95.9 Å². The molecule has 0 aromatic carbocycles. The molecule has 0 aliphatic heterocycles. The number of nitrogens with one attached hydrogen (secondary N) is 1. The van der Waals surface area contributed by atoms with Crippen LogP contribution in [0.3, 0.4) is 0 Å². The van der Waals surface area contributed by atoms with Gasteiger partial charge in [0, 0.05) is 13.1 Å². The maximum absolute atomic E-state index is 12.1. The van der Waals surface area contributed by atoms with Gasteiger partial charge in [-0.2, -0.15) is 0 Å². The van der Waals surface area contributed by atoms with Crippen molar-refractivity contribution in [3.8, 4) is 0 Å². The Bertz CT molecular complexity index is 366. The maximum atomic E-state index is 12.1. The highest BCUT2D eigenvalue weighted by Gasteiger charge is 2.35. The van der Waals surface area contributed by atoms with Crippen LogP contribution in [-0.2, 0) is 14.3 Å². The van der Waals surface area contributed by atoms with Crippen molar-refractivity contribution < 1.29 is 24.2 Å². The average Bonchev–Trinajstić information content (AvgIpc) is 2.47. The van der Waals surface area contributed by atoms with Gasteiger partial charge in [-0.25, -0.2) is 4.79 Å². The predicted molar refractivity (Wildman–Crippen MR) is 77.9 cm³/mol. The van der Waals surface area contributed by atoms with Gasteiger partial charge in [0.2, 0.25) is 0 Å². The first-order chi connectivity index (χ1) is 9.86. The van der Waals surface area contributed by atoms with Crippen LogP contribution >= 0.6 is 0 Å². The second-order valence-electron chi connectivity index (χ2n) is 4.95. The molecule has 21 heavy (non-hydrogen) atoms. The van der Waals surface area contributed by atoms with E-state index in [-0.39, 0.29) is 13.1 Å². The number of carboxylic acid groups (broad SMARTS) is 1. The average molecular weight is 302 g/mol. The normalized spacial score (nSPS) is 10.9. The number of carbonyl (C=O) groups is 3. The van der Waals surface area contributed by atoms with E-state index in [1.165, 1.54) is 12.0 Å². The molecular formula is C14H26N2O5. The van der Waals surface area contributed by atoms with Gasteiger partial charge in [-0.05, 0) is 19.3 Å². The smallest absolute Gasteiger partial charge is 0.325 e. The zero-order valence-corrected chi connectivity index (χ0v) is 13.3. The molecule has 0 saturated heterocycles. The third-order valence-electron chi connectivity index (χ3n) is 3.71. The molecule has 0 aliphatic carbocycles. The van der Waals surface area contributed by atoms with Crippen LogP contribution in [0, 0.1) is 5.41 Å². The van der Waals surface area contributed by atoms with Crippen LogP contribution in [-0.4, -0.2) is 54.7 Å². The Kier molecular flexibility index (Phi) is 8.42. The van der Waals surface area contributed by atoms with Crippen molar-refractivity contribution in [2.45, 2.75) is 40.0 Å². The molecule has 7 nitrogen and oxygen atoms in total. The summed E-state index contributed by atoms with van der Waals surface area (Å²) >= 11 is 0. The molecule has 0 fully saturated rings. The Morgan fingerprint density at radius 3 is 2.14 bits per heavy atom. The summed E-state index contributed by atoms with van der Waals surface area (Å²) in [4.78, 5) is 36.1. The van der Waals surface area contributed by atoms with E-state index in [4.69, 9.17) is 0 Å². The van der Waals surface area contributed by atoms with Gasteiger partial charge in [-0.1, -0.05) is 20.8 Å². The lowest BCUT2D eigenvalue weighted by Gasteiger charge is -2.29. The van der Waals surface area contributed by atoms with Gasteiger partial charge in [0.15, 0.2) is 0 Å². The van der Waals surface area contributed by atoms with Crippen LogP contribution in [0.5, 0.6) is 0 Å². The molecule has 0 saturated carbocycles. The van der Waals surface area contributed by atoms with E-state index in [0.29, 0.717) is 25.8 Å². The van der Waals surface area contributed by atoms with Crippen molar-refractivity contribution in [2.24, 2.45) is 5.41 Å². The number of carbonyl (C=O) groups excluding carboxylic acids is 2. The monoisotopic (exact) mass is 302 g/mol. The van der Waals surface area contributed by atoms with Crippen molar-refractivity contribution in [3.63, 3.8) is 0 Å². The van der Waals surface area contributed by atoms with Crippen molar-refractivity contribution in [2.75, 3.05) is 26.7 Å². The zero-order valence-electron chi connectivity index (χ0n) is 13.3. The van der Waals surface area contributed by atoms with E-state index in [1.54, 1.807) is 13.8 Å². The molecule has 0 atom stereocenters. The molecule has 0 aromatic rings. The van der Waals surface area contributed by atoms with Crippen molar-refractivity contribution in [1.82, 2.24) is 10.2 Å². The van der Waals surface area contributed by atoms with Gasteiger partial charge in [0.05, 0.1) is 12.5 Å². The third kappa shape index (κ3) is 5.61. The highest BCUT2D eigenvalue weighted by molar-refractivity contribution is 5.82. The minimum Gasteiger partial charge on any atom is -0.481 e. The molecule has 0 bridgehead atoms. The second-order valence-corrected chi connectivity index (χ2v) is 4.95. The van der Waals surface area contributed by atoms with E-state index in [1.807, 2.05) is 6.92 Å². The second kappa shape index (κ2) is 9.20. The van der Waals surface area contributed by atoms with Gasteiger partial charge in [0.1, 0.15) is 6.54 Å². The third-order valence-corrected chi connectivity index (χ3v) is 3.71. The predicted octanol–water partition coefficient (Wildman–Crippen LogP) is 1.47. The first-order valence-electron chi connectivity index (χ1n) is 7.19. The molecule has 7 heteroatoms. The van der Waals surface area contributed by atoms with Crippen molar-refractivity contribution in [1.29, 1.82) is 0 Å². The maximum Gasteiger partial charge on any atom is 0.325 e. The number of methoxy groups -OCH3 is 1. The lowest BCUT2D eigenvalue weighted by Crippen LogP contribution is -2.48. The van der Waals surface area contributed by atoms with Crippen LogP contribution in [0.15, 0.2) is 0 Å². The molecular weight excluding hydrogens is 276 g/mol. The first kappa shape index (κ1) is 19.2. The number of esters is 1. The summed E-state index contributed by atoms with van der Waals surface area (Å²) in [5.41, 5.74) is -0.973. The Morgan fingerprint density at radius 2 is 1.76 bits per heavy atom. The molecule has 0 radical (unpaired) electrons. The number of hydrogen-bond acceptors (Lipinski definition) is 4. The van der Waals surface area contributed by atoms with Gasteiger partial charge >= 0.3 is 18.0 Å². The summed E-state index contributed by atoms with van der Waals surface area (Å²) in [6.07, 6.45) is 1.53. The van der Waals surface area contributed by atoms with Crippen LogP contribution in [0.1, 0.15) is 40.0 Å². The van der Waals surface area contributed by atoms with Gasteiger partial charge in [-0.15, -0.1) is 0 Å².